The van der Waals surface area contributed by atoms with Crippen LogP contribution in [-0.4, -0.2) is 31.7 Å². The van der Waals surface area contributed by atoms with E-state index in [4.69, 9.17) is 11.6 Å². The fraction of sp³-hybridized carbons (Fsp3) is 0.353. The molecule has 0 spiro atoms. The van der Waals surface area contributed by atoms with E-state index >= 15 is 0 Å². The number of thiophene rings is 1. The Labute approximate surface area is 170 Å². The molecule has 1 atom stereocenters. The van der Waals surface area contributed by atoms with Gasteiger partial charge in [0.05, 0.1) is 21.7 Å². The number of amides is 1. The van der Waals surface area contributed by atoms with E-state index in [2.05, 4.69) is 21.2 Å². The Balaban J connectivity index is 1.64. The van der Waals surface area contributed by atoms with Crippen molar-refractivity contribution in [3.63, 3.8) is 0 Å². The maximum absolute atomic E-state index is 12.8. The molecule has 1 N–H and O–H groups in total. The second-order valence-electron chi connectivity index (χ2n) is 6.08. The summed E-state index contributed by atoms with van der Waals surface area (Å²) >= 11 is 10.6. The van der Waals surface area contributed by atoms with Gasteiger partial charge in [0.2, 0.25) is 15.9 Å². The largest absolute Gasteiger partial charge is 0.351 e. The van der Waals surface area contributed by atoms with Gasteiger partial charge >= 0.3 is 0 Å². The van der Waals surface area contributed by atoms with E-state index in [1.54, 1.807) is 30.3 Å². The fourth-order valence-corrected chi connectivity index (χ4v) is 5.71. The van der Waals surface area contributed by atoms with Gasteiger partial charge in [-0.3, -0.25) is 4.79 Å². The summed E-state index contributed by atoms with van der Waals surface area (Å²) in [4.78, 5) is 13.7. The van der Waals surface area contributed by atoms with Crippen molar-refractivity contribution < 1.29 is 13.2 Å². The molecule has 1 aromatic carbocycles. The van der Waals surface area contributed by atoms with E-state index in [9.17, 15) is 13.2 Å². The molecule has 1 amide bonds. The van der Waals surface area contributed by atoms with Crippen molar-refractivity contribution in [2.45, 2.75) is 24.3 Å². The Morgan fingerprint density at radius 1 is 1.27 bits per heavy atom. The van der Waals surface area contributed by atoms with Crippen molar-refractivity contribution in [3.05, 3.63) is 50.1 Å². The molecule has 3 rings (SSSR count). The van der Waals surface area contributed by atoms with Crippen molar-refractivity contribution >= 4 is 54.8 Å². The van der Waals surface area contributed by atoms with Gasteiger partial charge < -0.3 is 5.32 Å². The zero-order valence-corrected chi connectivity index (χ0v) is 17.8. The normalized spacial score (nSPS) is 18.6. The highest BCUT2D eigenvalue weighted by Gasteiger charge is 2.33. The molecule has 140 valence electrons. The van der Waals surface area contributed by atoms with Crippen LogP contribution in [-0.2, 0) is 21.4 Å². The number of hydrogen-bond acceptors (Lipinski definition) is 4. The smallest absolute Gasteiger partial charge is 0.243 e. The van der Waals surface area contributed by atoms with Crippen molar-refractivity contribution in [1.29, 1.82) is 0 Å². The molecular formula is C17H18BrClN2O3S2. The van der Waals surface area contributed by atoms with Crippen molar-refractivity contribution in [3.8, 4) is 0 Å². The van der Waals surface area contributed by atoms with Crippen LogP contribution >= 0.6 is 38.9 Å². The lowest BCUT2D eigenvalue weighted by molar-refractivity contribution is -0.126. The van der Waals surface area contributed by atoms with E-state index < -0.39 is 10.0 Å². The zero-order chi connectivity index (χ0) is 18.7. The van der Waals surface area contributed by atoms with Gasteiger partial charge in [-0.05, 0) is 49.2 Å². The van der Waals surface area contributed by atoms with Gasteiger partial charge in [-0.2, -0.15) is 4.31 Å². The van der Waals surface area contributed by atoms with Crippen LogP contribution in [0.5, 0.6) is 0 Å². The molecule has 1 aliphatic heterocycles. The molecule has 26 heavy (non-hydrogen) atoms. The molecule has 0 saturated carbocycles. The molecule has 0 radical (unpaired) electrons. The predicted molar refractivity (Wildman–Crippen MR) is 107 cm³/mol. The molecule has 1 aromatic heterocycles. The number of rotatable bonds is 5. The maximum Gasteiger partial charge on any atom is 0.243 e. The number of carbonyl (C=O) groups excluding carboxylic acids is 1. The molecule has 1 unspecified atom stereocenters. The van der Waals surface area contributed by atoms with Crippen LogP contribution < -0.4 is 5.32 Å². The second kappa shape index (κ2) is 8.39. The zero-order valence-electron chi connectivity index (χ0n) is 13.8. The summed E-state index contributed by atoms with van der Waals surface area (Å²) in [5, 5.41) is 2.89. The summed E-state index contributed by atoms with van der Waals surface area (Å²) in [7, 11) is -3.59. The Morgan fingerprint density at radius 3 is 2.65 bits per heavy atom. The number of nitrogens with one attached hydrogen (secondary N) is 1. The molecule has 1 fully saturated rings. The Kier molecular flexibility index (Phi) is 6.40. The Hall–Kier alpha value is -0.930. The number of piperidine rings is 1. The van der Waals surface area contributed by atoms with Gasteiger partial charge in [0.1, 0.15) is 0 Å². The number of halogens is 2. The van der Waals surface area contributed by atoms with E-state index in [1.807, 2.05) is 6.07 Å². The van der Waals surface area contributed by atoms with Crippen LogP contribution in [0.4, 0.5) is 0 Å². The van der Waals surface area contributed by atoms with Crippen LogP contribution in [0.2, 0.25) is 4.34 Å². The third-order valence-corrected chi connectivity index (χ3v) is 7.91. The lowest BCUT2D eigenvalue weighted by atomic mass is 9.99. The highest BCUT2D eigenvalue weighted by atomic mass is 79.9. The van der Waals surface area contributed by atoms with E-state index in [1.165, 1.54) is 15.6 Å². The van der Waals surface area contributed by atoms with Crippen LogP contribution in [0.1, 0.15) is 17.7 Å². The average molecular weight is 478 g/mol. The molecular weight excluding hydrogens is 460 g/mol. The van der Waals surface area contributed by atoms with Crippen LogP contribution in [0.25, 0.3) is 0 Å². The highest BCUT2D eigenvalue weighted by molar-refractivity contribution is 9.10. The van der Waals surface area contributed by atoms with Crippen LogP contribution in [0, 0.1) is 5.92 Å². The molecule has 2 aromatic rings. The number of benzene rings is 1. The predicted octanol–water partition coefficient (Wildman–Crippen LogP) is 3.88. The Morgan fingerprint density at radius 2 is 2.00 bits per heavy atom. The first-order valence-corrected chi connectivity index (χ1v) is 11.6. The monoisotopic (exact) mass is 476 g/mol. The first-order chi connectivity index (χ1) is 12.4. The van der Waals surface area contributed by atoms with Gasteiger partial charge in [-0.1, -0.05) is 27.5 Å². The van der Waals surface area contributed by atoms with E-state index in [0.717, 1.165) is 9.35 Å². The van der Waals surface area contributed by atoms with Gasteiger partial charge in [-0.25, -0.2) is 8.42 Å². The minimum Gasteiger partial charge on any atom is -0.351 e. The molecule has 1 saturated heterocycles. The fourth-order valence-electron chi connectivity index (χ4n) is 2.90. The summed E-state index contributed by atoms with van der Waals surface area (Å²) in [6, 6.07) is 10.2. The molecule has 2 heterocycles. The first-order valence-electron chi connectivity index (χ1n) is 8.14. The van der Waals surface area contributed by atoms with Gasteiger partial charge in [0.15, 0.2) is 0 Å². The van der Waals surface area contributed by atoms with Gasteiger partial charge in [0.25, 0.3) is 0 Å². The van der Waals surface area contributed by atoms with Crippen molar-refractivity contribution in [2.24, 2.45) is 5.92 Å². The topological polar surface area (TPSA) is 66.5 Å². The second-order valence-corrected chi connectivity index (χ2v) is 10.7. The minimum atomic E-state index is -3.59. The third kappa shape index (κ3) is 4.67. The van der Waals surface area contributed by atoms with Crippen LogP contribution in [0.3, 0.4) is 0 Å². The van der Waals surface area contributed by atoms with Crippen molar-refractivity contribution in [1.82, 2.24) is 9.62 Å². The lowest BCUT2D eigenvalue weighted by Gasteiger charge is -2.31. The minimum absolute atomic E-state index is 0.120. The third-order valence-electron chi connectivity index (χ3n) is 4.27. The SMILES string of the molecule is O=C(NCc1ccc(Cl)s1)C1CCCN(S(=O)(=O)c2ccc(Br)cc2)C1. The summed E-state index contributed by atoms with van der Waals surface area (Å²) in [5.74, 6) is -0.463. The molecule has 9 heteroatoms. The summed E-state index contributed by atoms with van der Waals surface area (Å²) < 4.78 is 28.5. The quantitative estimate of drug-likeness (QED) is 0.711. The number of carbonyl (C=O) groups is 1. The lowest BCUT2D eigenvalue weighted by Crippen LogP contribution is -2.45. The van der Waals surface area contributed by atoms with Gasteiger partial charge in [0, 0.05) is 22.4 Å². The highest BCUT2D eigenvalue weighted by Crippen LogP contribution is 2.25. The number of nitrogens with zero attached hydrogens (tertiary/aromatic N) is 1. The Bertz CT molecular complexity index is 884. The summed E-state index contributed by atoms with van der Waals surface area (Å²) in [6.45, 7) is 1.05. The summed E-state index contributed by atoms with van der Waals surface area (Å²) in [5.41, 5.74) is 0. The molecule has 1 aliphatic rings. The van der Waals surface area contributed by atoms with Crippen molar-refractivity contribution in [2.75, 3.05) is 13.1 Å². The van der Waals surface area contributed by atoms with E-state index in [-0.39, 0.29) is 23.3 Å². The number of hydrogen-bond donors (Lipinski definition) is 1. The number of sulfonamides is 1. The first kappa shape index (κ1) is 19.8. The van der Waals surface area contributed by atoms with E-state index in [0.29, 0.717) is 30.3 Å². The molecule has 5 nitrogen and oxygen atoms in total. The molecule has 0 aliphatic carbocycles. The summed E-state index contributed by atoms with van der Waals surface area (Å²) in [6.07, 6.45) is 1.35. The van der Waals surface area contributed by atoms with Gasteiger partial charge in [-0.15, -0.1) is 11.3 Å². The molecule has 0 bridgehead atoms. The standard InChI is InChI=1S/C17H18BrClN2O3S2/c18-13-3-6-15(7-4-13)26(23,24)21-9-1-2-12(11-21)17(22)20-10-14-5-8-16(19)25-14/h3-8,12H,1-2,9-11H2,(H,20,22). The van der Waals surface area contributed by atoms with Crippen LogP contribution in [0.15, 0.2) is 45.8 Å². The maximum atomic E-state index is 12.8. The average Bonchev–Trinajstić information content (AvgIpc) is 3.05.